The van der Waals surface area contributed by atoms with Gasteiger partial charge in [0.15, 0.2) is 11.5 Å². The van der Waals surface area contributed by atoms with E-state index < -0.39 is 6.23 Å². The average Bonchev–Trinajstić information content (AvgIpc) is 2.56. The van der Waals surface area contributed by atoms with Crippen molar-refractivity contribution in [3.05, 3.63) is 28.4 Å². The van der Waals surface area contributed by atoms with Crippen LogP contribution in [0.2, 0.25) is 0 Å². The van der Waals surface area contributed by atoms with Crippen LogP contribution in [-0.4, -0.2) is 21.4 Å². The van der Waals surface area contributed by atoms with Gasteiger partial charge in [0.2, 0.25) is 0 Å². The number of carbonyl (C=O) groups is 1. The van der Waals surface area contributed by atoms with Gasteiger partial charge in [-0.05, 0) is 6.42 Å². The fourth-order valence-corrected chi connectivity index (χ4v) is 3.10. The van der Waals surface area contributed by atoms with E-state index in [1.165, 1.54) is 17.7 Å². The van der Waals surface area contributed by atoms with E-state index in [0.29, 0.717) is 0 Å². The smallest absolute Gasteiger partial charge is 0.282 e. The van der Waals surface area contributed by atoms with Gasteiger partial charge in [0.1, 0.15) is 6.23 Å². The van der Waals surface area contributed by atoms with Crippen LogP contribution in [0.25, 0.3) is 0 Å². The number of ketones is 1. The highest BCUT2D eigenvalue weighted by atomic mass is 16.5. The minimum absolute atomic E-state index is 0.0327. The third-order valence-corrected chi connectivity index (χ3v) is 5.20. The van der Waals surface area contributed by atoms with E-state index in [4.69, 9.17) is 4.74 Å². The second-order valence-electron chi connectivity index (χ2n) is 6.87. The van der Waals surface area contributed by atoms with Crippen molar-refractivity contribution < 1.29 is 9.53 Å². The number of carbonyl (C=O) groups excluding carboxylic acids is 1. The highest BCUT2D eigenvalue weighted by Crippen LogP contribution is 2.57. The van der Waals surface area contributed by atoms with E-state index >= 15 is 0 Å². The zero-order chi connectivity index (χ0) is 16.0. The Labute approximate surface area is 125 Å². The first-order valence-electron chi connectivity index (χ1n) is 7.38. The van der Waals surface area contributed by atoms with E-state index in [9.17, 15) is 9.59 Å². The van der Waals surface area contributed by atoms with Gasteiger partial charge in [0.05, 0.1) is 6.10 Å². The van der Waals surface area contributed by atoms with E-state index in [-0.39, 0.29) is 34.0 Å². The standard InChI is InChI=1S/C16H24N2O3/c1-7-11-15(3,4)16(5,6)14(21-11)18-9-8-17-12(10(2)19)13(18)20/h8-9,11,14H,7H2,1-6H3. The van der Waals surface area contributed by atoms with Gasteiger partial charge in [-0.3, -0.25) is 14.2 Å². The fourth-order valence-electron chi connectivity index (χ4n) is 3.10. The Hall–Kier alpha value is -1.49. The number of nitrogens with zero attached hydrogens (tertiary/aromatic N) is 2. The van der Waals surface area contributed by atoms with Crippen molar-refractivity contribution >= 4 is 5.78 Å². The SMILES string of the molecule is CCC1OC(n2ccnc(C(C)=O)c2=O)C(C)(C)C1(C)C. The monoisotopic (exact) mass is 292 g/mol. The minimum Gasteiger partial charge on any atom is -0.354 e. The van der Waals surface area contributed by atoms with E-state index in [1.807, 2.05) is 0 Å². The minimum atomic E-state index is -0.397. The normalized spacial score (nSPS) is 26.8. The Morgan fingerprint density at radius 2 is 1.95 bits per heavy atom. The van der Waals surface area contributed by atoms with Crippen molar-refractivity contribution in [1.82, 2.24) is 9.55 Å². The van der Waals surface area contributed by atoms with Crippen molar-refractivity contribution in [2.45, 2.75) is 60.3 Å². The lowest BCUT2D eigenvalue weighted by Crippen LogP contribution is -2.40. The maximum atomic E-state index is 12.5. The molecule has 1 aliphatic rings. The summed E-state index contributed by atoms with van der Waals surface area (Å²) >= 11 is 0. The van der Waals surface area contributed by atoms with Gasteiger partial charge in [0, 0.05) is 30.1 Å². The molecule has 1 aromatic rings. The lowest BCUT2D eigenvalue weighted by Gasteiger charge is -2.38. The van der Waals surface area contributed by atoms with Gasteiger partial charge < -0.3 is 4.74 Å². The molecule has 21 heavy (non-hydrogen) atoms. The zero-order valence-corrected chi connectivity index (χ0v) is 13.6. The van der Waals surface area contributed by atoms with Crippen LogP contribution in [-0.2, 0) is 4.74 Å². The second-order valence-corrected chi connectivity index (χ2v) is 6.87. The van der Waals surface area contributed by atoms with Crippen LogP contribution in [0.4, 0.5) is 0 Å². The Morgan fingerprint density at radius 3 is 2.43 bits per heavy atom. The van der Waals surface area contributed by atoms with Crippen molar-refractivity contribution in [1.29, 1.82) is 0 Å². The number of aromatic nitrogens is 2. The Bertz CT molecular complexity index is 616. The lowest BCUT2D eigenvalue weighted by molar-refractivity contribution is -0.0347. The molecule has 0 aromatic carbocycles. The number of hydrogen-bond donors (Lipinski definition) is 0. The first-order valence-corrected chi connectivity index (χ1v) is 7.38. The first-order chi connectivity index (χ1) is 9.64. The highest BCUT2D eigenvalue weighted by molar-refractivity contribution is 5.91. The number of hydrogen-bond acceptors (Lipinski definition) is 4. The molecule has 5 heteroatoms. The van der Waals surface area contributed by atoms with E-state index in [2.05, 4.69) is 39.6 Å². The molecule has 0 amide bonds. The molecule has 0 saturated carbocycles. The van der Waals surface area contributed by atoms with Crippen molar-refractivity contribution in [2.75, 3.05) is 0 Å². The van der Waals surface area contributed by atoms with Gasteiger partial charge in [0.25, 0.3) is 5.56 Å². The van der Waals surface area contributed by atoms with Crippen molar-refractivity contribution in [3.63, 3.8) is 0 Å². The summed E-state index contributed by atoms with van der Waals surface area (Å²) in [5.74, 6) is -0.323. The maximum Gasteiger partial charge on any atom is 0.282 e. The number of rotatable bonds is 3. The van der Waals surface area contributed by atoms with Crippen molar-refractivity contribution in [2.24, 2.45) is 10.8 Å². The molecule has 1 fully saturated rings. The molecule has 5 nitrogen and oxygen atoms in total. The Morgan fingerprint density at radius 1 is 1.33 bits per heavy atom. The molecule has 0 N–H and O–H groups in total. The van der Waals surface area contributed by atoms with Crippen LogP contribution in [0, 0.1) is 10.8 Å². The molecule has 0 radical (unpaired) electrons. The maximum absolute atomic E-state index is 12.5. The van der Waals surface area contributed by atoms with Gasteiger partial charge >= 0.3 is 0 Å². The summed E-state index contributed by atoms with van der Waals surface area (Å²) in [6.07, 6.45) is 3.65. The topological polar surface area (TPSA) is 61.2 Å². The molecular formula is C16H24N2O3. The van der Waals surface area contributed by atoms with Crippen LogP contribution in [0.1, 0.15) is 64.7 Å². The third kappa shape index (κ3) is 2.24. The summed E-state index contributed by atoms with van der Waals surface area (Å²) < 4.78 is 7.68. The summed E-state index contributed by atoms with van der Waals surface area (Å²) in [4.78, 5) is 27.9. The largest absolute Gasteiger partial charge is 0.354 e. The Balaban J connectivity index is 2.56. The van der Waals surface area contributed by atoms with Crippen LogP contribution in [0.15, 0.2) is 17.2 Å². The summed E-state index contributed by atoms with van der Waals surface area (Å²) in [6.45, 7) is 12.0. The Kier molecular flexibility index (Phi) is 3.82. The molecule has 116 valence electrons. The summed E-state index contributed by atoms with van der Waals surface area (Å²) in [6, 6.07) is 0. The second kappa shape index (κ2) is 5.05. The van der Waals surface area contributed by atoms with Crippen LogP contribution in [0.5, 0.6) is 0 Å². The molecule has 1 aromatic heterocycles. The number of Topliss-reactive ketones (excluding diaryl/α,β-unsaturated/α-hetero) is 1. The van der Waals surface area contributed by atoms with Crippen LogP contribution in [0.3, 0.4) is 0 Å². The lowest BCUT2D eigenvalue weighted by atomic mass is 9.65. The molecule has 2 atom stereocenters. The summed E-state index contributed by atoms with van der Waals surface area (Å²) in [5, 5.41) is 0. The van der Waals surface area contributed by atoms with Crippen LogP contribution < -0.4 is 5.56 Å². The fraction of sp³-hybridized carbons (Fsp3) is 0.688. The zero-order valence-electron chi connectivity index (χ0n) is 13.6. The van der Waals surface area contributed by atoms with E-state index in [1.54, 1.807) is 6.20 Å². The molecule has 1 aliphatic heterocycles. The third-order valence-electron chi connectivity index (χ3n) is 5.20. The quantitative estimate of drug-likeness (QED) is 0.804. The van der Waals surface area contributed by atoms with Gasteiger partial charge in [-0.2, -0.15) is 0 Å². The van der Waals surface area contributed by atoms with Crippen molar-refractivity contribution in [3.8, 4) is 0 Å². The molecule has 1 saturated heterocycles. The average molecular weight is 292 g/mol. The van der Waals surface area contributed by atoms with Crippen LogP contribution >= 0.6 is 0 Å². The molecule has 2 rings (SSSR count). The molecule has 2 unspecified atom stereocenters. The molecule has 0 spiro atoms. The van der Waals surface area contributed by atoms with E-state index in [0.717, 1.165) is 6.42 Å². The van der Waals surface area contributed by atoms with Gasteiger partial charge in [-0.15, -0.1) is 0 Å². The predicted octanol–water partition coefficient (Wildman–Crippen LogP) is 2.81. The van der Waals surface area contributed by atoms with Gasteiger partial charge in [-0.25, -0.2) is 4.98 Å². The molecule has 0 bridgehead atoms. The molecule has 2 heterocycles. The molecule has 0 aliphatic carbocycles. The first kappa shape index (κ1) is 15.9. The summed E-state index contributed by atoms with van der Waals surface area (Å²) in [5.41, 5.74) is -0.733. The number of ether oxygens (including phenoxy) is 1. The molecular weight excluding hydrogens is 268 g/mol. The predicted molar refractivity (Wildman–Crippen MR) is 80.3 cm³/mol. The summed E-state index contributed by atoms with van der Waals surface area (Å²) in [7, 11) is 0. The van der Waals surface area contributed by atoms with Gasteiger partial charge in [-0.1, -0.05) is 34.6 Å². The highest BCUT2D eigenvalue weighted by Gasteiger charge is 2.56.